The molecule has 0 atom stereocenters. The molecule has 0 aromatic rings. The number of ether oxygens (including phenoxy) is 1. The van der Waals surface area contributed by atoms with Gasteiger partial charge >= 0.3 is 12.2 Å². The molecule has 0 aliphatic heterocycles. The lowest BCUT2D eigenvalue weighted by Gasteiger charge is -2.28. The summed E-state index contributed by atoms with van der Waals surface area (Å²) in [5.41, 5.74) is 0. The minimum atomic E-state index is -0.984. The van der Waals surface area contributed by atoms with Crippen molar-refractivity contribution in [1.29, 1.82) is 0 Å². The molecule has 1 aliphatic carbocycles. The first-order chi connectivity index (χ1) is 7.61. The number of carboxylic acid groups (broad SMARTS) is 1. The number of carbonyl (C=O) groups excluding carboxylic acids is 1. The van der Waals surface area contributed by atoms with Crippen molar-refractivity contribution >= 4 is 12.2 Å². The summed E-state index contributed by atoms with van der Waals surface area (Å²) in [5.74, 6) is 0. The maximum Gasteiger partial charge on any atom is 0.407 e. The van der Waals surface area contributed by atoms with E-state index < -0.39 is 12.2 Å². The fraction of sp³-hybridized carbons (Fsp3) is 0.800. The summed E-state index contributed by atoms with van der Waals surface area (Å²) in [5, 5.41) is 13.8. The SMILES string of the molecule is CCOC(=O)NC1CCC(NC(=O)O)CC1. The van der Waals surface area contributed by atoms with E-state index in [9.17, 15) is 9.59 Å². The number of hydrogen-bond acceptors (Lipinski definition) is 3. The van der Waals surface area contributed by atoms with Crippen molar-refractivity contribution in [2.75, 3.05) is 6.61 Å². The maximum absolute atomic E-state index is 11.1. The van der Waals surface area contributed by atoms with E-state index in [1.807, 2.05) is 0 Å². The minimum Gasteiger partial charge on any atom is -0.465 e. The van der Waals surface area contributed by atoms with Crippen LogP contribution >= 0.6 is 0 Å². The summed E-state index contributed by atoms with van der Waals surface area (Å²) in [6, 6.07) is 0.114. The van der Waals surface area contributed by atoms with Gasteiger partial charge in [-0.1, -0.05) is 0 Å². The standard InChI is InChI=1S/C10H18N2O4/c1-2-16-10(15)12-8-5-3-7(4-6-8)11-9(13)14/h7-8,11H,2-6H2,1H3,(H,12,15)(H,13,14). The number of alkyl carbamates (subject to hydrolysis) is 1. The first kappa shape index (κ1) is 12.6. The van der Waals surface area contributed by atoms with Crippen molar-refractivity contribution < 1.29 is 19.4 Å². The highest BCUT2D eigenvalue weighted by Gasteiger charge is 2.23. The lowest BCUT2D eigenvalue weighted by Crippen LogP contribution is -2.43. The third-order valence-corrected chi connectivity index (χ3v) is 2.65. The van der Waals surface area contributed by atoms with E-state index in [1.54, 1.807) is 6.92 Å². The van der Waals surface area contributed by atoms with Crippen LogP contribution in [-0.4, -0.2) is 36.0 Å². The van der Waals surface area contributed by atoms with E-state index in [0.29, 0.717) is 6.61 Å². The van der Waals surface area contributed by atoms with Crippen LogP contribution in [0.2, 0.25) is 0 Å². The molecule has 6 heteroatoms. The molecule has 0 aromatic carbocycles. The Kier molecular flexibility index (Phi) is 4.88. The number of carbonyl (C=O) groups is 2. The topological polar surface area (TPSA) is 87.7 Å². The molecule has 2 amide bonds. The van der Waals surface area contributed by atoms with Gasteiger partial charge in [-0.2, -0.15) is 0 Å². The highest BCUT2D eigenvalue weighted by atomic mass is 16.5. The number of nitrogens with one attached hydrogen (secondary N) is 2. The van der Waals surface area contributed by atoms with Gasteiger partial charge in [-0.05, 0) is 32.6 Å². The fourth-order valence-corrected chi connectivity index (χ4v) is 1.90. The molecule has 0 radical (unpaired) electrons. The third kappa shape index (κ3) is 4.37. The molecular weight excluding hydrogens is 212 g/mol. The highest BCUT2D eigenvalue weighted by Crippen LogP contribution is 2.18. The molecule has 0 unspecified atom stereocenters. The Hall–Kier alpha value is -1.46. The van der Waals surface area contributed by atoms with Crippen LogP contribution in [0.5, 0.6) is 0 Å². The molecule has 1 saturated carbocycles. The van der Waals surface area contributed by atoms with Crippen molar-refractivity contribution in [1.82, 2.24) is 10.6 Å². The average Bonchev–Trinajstić information content (AvgIpc) is 2.20. The van der Waals surface area contributed by atoms with Gasteiger partial charge in [0.05, 0.1) is 6.61 Å². The maximum atomic E-state index is 11.1. The number of rotatable bonds is 3. The van der Waals surface area contributed by atoms with E-state index in [4.69, 9.17) is 9.84 Å². The van der Waals surface area contributed by atoms with Gasteiger partial charge in [0.2, 0.25) is 0 Å². The van der Waals surface area contributed by atoms with Crippen molar-refractivity contribution in [3.63, 3.8) is 0 Å². The van der Waals surface area contributed by atoms with Gasteiger partial charge in [0, 0.05) is 12.1 Å². The normalized spacial score (nSPS) is 24.6. The summed E-state index contributed by atoms with van der Waals surface area (Å²) in [6.45, 7) is 2.12. The Labute approximate surface area is 94.3 Å². The Morgan fingerprint density at radius 1 is 1.19 bits per heavy atom. The van der Waals surface area contributed by atoms with Gasteiger partial charge in [0.1, 0.15) is 0 Å². The summed E-state index contributed by atoms with van der Waals surface area (Å²) in [4.78, 5) is 21.5. The zero-order valence-electron chi connectivity index (χ0n) is 9.36. The van der Waals surface area contributed by atoms with Crippen LogP contribution in [0.3, 0.4) is 0 Å². The summed E-state index contributed by atoms with van der Waals surface area (Å²) < 4.78 is 4.78. The Bertz CT molecular complexity index is 249. The van der Waals surface area contributed by atoms with Gasteiger partial charge in [-0.15, -0.1) is 0 Å². The van der Waals surface area contributed by atoms with Crippen LogP contribution in [0, 0.1) is 0 Å². The second kappa shape index (κ2) is 6.19. The highest BCUT2D eigenvalue weighted by molar-refractivity contribution is 5.67. The molecule has 92 valence electrons. The van der Waals surface area contributed by atoms with Gasteiger partial charge in [-0.3, -0.25) is 0 Å². The van der Waals surface area contributed by atoms with Gasteiger partial charge in [0.25, 0.3) is 0 Å². The smallest absolute Gasteiger partial charge is 0.407 e. The second-order valence-electron chi connectivity index (χ2n) is 3.86. The first-order valence-corrected chi connectivity index (χ1v) is 5.54. The third-order valence-electron chi connectivity index (χ3n) is 2.65. The number of amides is 2. The van der Waals surface area contributed by atoms with E-state index in [-0.39, 0.29) is 12.1 Å². The van der Waals surface area contributed by atoms with Crippen LogP contribution in [0.15, 0.2) is 0 Å². The zero-order valence-corrected chi connectivity index (χ0v) is 9.36. The first-order valence-electron chi connectivity index (χ1n) is 5.54. The van der Waals surface area contributed by atoms with E-state index >= 15 is 0 Å². The quantitative estimate of drug-likeness (QED) is 0.682. The molecule has 0 spiro atoms. The van der Waals surface area contributed by atoms with Crippen molar-refractivity contribution in [2.45, 2.75) is 44.7 Å². The summed E-state index contributed by atoms with van der Waals surface area (Å²) in [7, 11) is 0. The molecule has 16 heavy (non-hydrogen) atoms. The van der Waals surface area contributed by atoms with Crippen LogP contribution in [0.4, 0.5) is 9.59 Å². The zero-order chi connectivity index (χ0) is 12.0. The van der Waals surface area contributed by atoms with Crippen LogP contribution < -0.4 is 10.6 Å². The van der Waals surface area contributed by atoms with Crippen molar-refractivity contribution in [3.8, 4) is 0 Å². The molecule has 0 bridgehead atoms. The van der Waals surface area contributed by atoms with Crippen molar-refractivity contribution in [2.24, 2.45) is 0 Å². The van der Waals surface area contributed by atoms with Crippen LogP contribution in [0.25, 0.3) is 0 Å². The fourth-order valence-electron chi connectivity index (χ4n) is 1.90. The molecule has 6 nitrogen and oxygen atoms in total. The number of hydrogen-bond donors (Lipinski definition) is 3. The Morgan fingerprint density at radius 2 is 1.69 bits per heavy atom. The van der Waals surface area contributed by atoms with Gasteiger partial charge < -0.3 is 20.5 Å². The molecule has 0 aromatic heterocycles. The molecule has 1 rings (SSSR count). The van der Waals surface area contributed by atoms with E-state index in [2.05, 4.69) is 10.6 Å². The molecule has 0 saturated heterocycles. The largest absolute Gasteiger partial charge is 0.465 e. The second-order valence-corrected chi connectivity index (χ2v) is 3.86. The molecule has 1 fully saturated rings. The van der Waals surface area contributed by atoms with E-state index in [0.717, 1.165) is 25.7 Å². The molecular formula is C10H18N2O4. The van der Waals surface area contributed by atoms with Crippen LogP contribution in [-0.2, 0) is 4.74 Å². The Morgan fingerprint density at radius 3 is 2.12 bits per heavy atom. The van der Waals surface area contributed by atoms with Gasteiger partial charge in [0.15, 0.2) is 0 Å². The summed E-state index contributed by atoms with van der Waals surface area (Å²) in [6.07, 6.45) is 1.69. The molecule has 0 heterocycles. The predicted molar refractivity (Wildman–Crippen MR) is 57.4 cm³/mol. The predicted octanol–water partition coefficient (Wildman–Crippen LogP) is 1.31. The monoisotopic (exact) mass is 230 g/mol. The van der Waals surface area contributed by atoms with Gasteiger partial charge in [-0.25, -0.2) is 9.59 Å². The molecule has 3 N–H and O–H groups in total. The molecule has 1 aliphatic rings. The average molecular weight is 230 g/mol. The lowest BCUT2D eigenvalue weighted by atomic mass is 9.91. The summed E-state index contributed by atoms with van der Waals surface area (Å²) >= 11 is 0. The minimum absolute atomic E-state index is 0.0118. The van der Waals surface area contributed by atoms with Crippen molar-refractivity contribution in [3.05, 3.63) is 0 Å². The van der Waals surface area contributed by atoms with Crippen LogP contribution in [0.1, 0.15) is 32.6 Å². The lowest BCUT2D eigenvalue weighted by molar-refractivity contribution is 0.142. The van der Waals surface area contributed by atoms with E-state index in [1.165, 1.54) is 0 Å². The Balaban J connectivity index is 2.21.